The molecule has 46 heavy (non-hydrogen) atoms. The highest BCUT2D eigenvalue weighted by Gasteiger charge is 2.34. The molecule has 3 aromatic rings. The van der Waals surface area contributed by atoms with Crippen molar-refractivity contribution in [2.24, 2.45) is 0 Å². The number of anilines is 1. The summed E-state index contributed by atoms with van der Waals surface area (Å²) in [5, 5.41) is 16.7. The van der Waals surface area contributed by atoms with E-state index in [1.807, 2.05) is 57.7 Å². The van der Waals surface area contributed by atoms with Crippen LogP contribution in [0.25, 0.3) is 22.2 Å². The van der Waals surface area contributed by atoms with Crippen LogP contribution in [0.2, 0.25) is 0 Å². The predicted octanol–water partition coefficient (Wildman–Crippen LogP) is 5.06. The number of fused-ring (bicyclic) bond motifs is 3. The molecule has 2 aromatic heterocycles. The minimum absolute atomic E-state index is 0.0613. The summed E-state index contributed by atoms with van der Waals surface area (Å²) in [6.45, 7) is 12.8. The molecular formula is C33H43N7O6. The zero-order chi connectivity index (χ0) is 33.0. The van der Waals surface area contributed by atoms with Crippen LogP contribution in [0, 0.1) is 10.1 Å². The normalized spacial score (nSPS) is 18.0. The summed E-state index contributed by atoms with van der Waals surface area (Å²) in [5.74, 6) is 0.324. The fourth-order valence-corrected chi connectivity index (χ4v) is 5.94. The highest BCUT2D eigenvalue weighted by atomic mass is 16.6. The van der Waals surface area contributed by atoms with Crippen LogP contribution < -0.4 is 5.32 Å². The molecule has 13 nitrogen and oxygen atoms in total. The van der Waals surface area contributed by atoms with Crippen molar-refractivity contribution in [1.29, 1.82) is 0 Å². The summed E-state index contributed by atoms with van der Waals surface area (Å²) in [4.78, 5) is 37.4. The largest absolute Gasteiger partial charge is 0.444 e. The van der Waals surface area contributed by atoms with Gasteiger partial charge in [0.2, 0.25) is 5.95 Å². The van der Waals surface area contributed by atoms with Crippen LogP contribution in [-0.4, -0.2) is 93.0 Å². The first kappa shape index (κ1) is 32.9. The lowest BCUT2D eigenvalue weighted by Crippen LogP contribution is -2.43. The smallest absolute Gasteiger partial charge is 0.410 e. The van der Waals surface area contributed by atoms with E-state index >= 15 is 0 Å². The Labute approximate surface area is 269 Å². The Morgan fingerprint density at radius 1 is 1.17 bits per heavy atom. The number of nitro groups is 1. The lowest BCUT2D eigenvalue weighted by atomic mass is 10.00. The average Bonchev–Trinajstić information content (AvgIpc) is 3.37. The van der Waals surface area contributed by atoms with Crippen molar-refractivity contribution < 1.29 is 23.9 Å². The van der Waals surface area contributed by atoms with E-state index in [0.29, 0.717) is 51.0 Å². The summed E-state index contributed by atoms with van der Waals surface area (Å²) in [6, 6.07) is 9.47. The summed E-state index contributed by atoms with van der Waals surface area (Å²) in [5.41, 5.74) is 3.65. The van der Waals surface area contributed by atoms with E-state index in [1.54, 1.807) is 30.4 Å². The molecule has 0 spiro atoms. The van der Waals surface area contributed by atoms with Gasteiger partial charge in [0.1, 0.15) is 17.4 Å². The maximum atomic E-state index is 12.7. The first-order valence-electron chi connectivity index (χ1n) is 15.7. The van der Waals surface area contributed by atoms with E-state index in [1.165, 1.54) is 0 Å². The number of para-hydroxylation sites is 1. The van der Waals surface area contributed by atoms with E-state index in [-0.39, 0.29) is 5.70 Å². The van der Waals surface area contributed by atoms with Crippen LogP contribution >= 0.6 is 0 Å². The van der Waals surface area contributed by atoms with Gasteiger partial charge in [-0.05, 0) is 52.8 Å². The van der Waals surface area contributed by atoms with Crippen LogP contribution in [0.3, 0.4) is 0 Å². The van der Waals surface area contributed by atoms with Gasteiger partial charge >= 0.3 is 6.09 Å². The zero-order valence-corrected chi connectivity index (χ0v) is 27.4. The molecule has 1 amide bonds. The number of aromatic nitrogens is 3. The summed E-state index contributed by atoms with van der Waals surface area (Å²) in [7, 11) is 1.56. The number of carbonyl (C=O) groups excluding carboxylic acids is 1. The Morgan fingerprint density at radius 2 is 1.96 bits per heavy atom. The van der Waals surface area contributed by atoms with Gasteiger partial charge in [-0.3, -0.25) is 10.1 Å². The van der Waals surface area contributed by atoms with Gasteiger partial charge in [-0.1, -0.05) is 18.2 Å². The molecule has 0 fully saturated rings. The van der Waals surface area contributed by atoms with Gasteiger partial charge in [-0.15, -0.1) is 0 Å². The maximum Gasteiger partial charge on any atom is 0.410 e. The number of hydrogen-bond acceptors (Lipinski definition) is 10. The van der Waals surface area contributed by atoms with Crippen molar-refractivity contribution in [1.82, 2.24) is 24.3 Å². The molecular weight excluding hydrogens is 590 g/mol. The molecule has 2 atom stereocenters. The van der Waals surface area contributed by atoms with Crippen molar-refractivity contribution in [3.63, 3.8) is 0 Å². The highest BCUT2D eigenvalue weighted by molar-refractivity contribution is 5.97. The van der Waals surface area contributed by atoms with Crippen molar-refractivity contribution in [3.05, 3.63) is 75.9 Å². The number of methoxy groups -OCH3 is 1. The van der Waals surface area contributed by atoms with Gasteiger partial charge in [0, 0.05) is 68.6 Å². The van der Waals surface area contributed by atoms with Crippen LogP contribution in [0.4, 0.5) is 10.7 Å². The number of amides is 1. The third-order valence-corrected chi connectivity index (χ3v) is 8.12. The van der Waals surface area contributed by atoms with E-state index < -0.39 is 28.8 Å². The minimum Gasteiger partial charge on any atom is -0.444 e. The van der Waals surface area contributed by atoms with E-state index in [0.717, 1.165) is 34.4 Å². The molecule has 0 saturated carbocycles. The van der Waals surface area contributed by atoms with Crippen molar-refractivity contribution in [3.8, 4) is 11.3 Å². The second-order valence-electron chi connectivity index (χ2n) is 12.2. The topological polar surface area (TPSA) is 137 Å². The van der Waals surface area contributed by atoms with E-state index in [4.69, 9.17) is 19.2 Å². The Balaban J connectivity index is 1.39. The van der Waals surface area contributed by atoms with Crippen molar-refractivity contribution in [2.75, 3.05) is 45.2 Å². The Morgan fingerprint density at radius 3 is 2.65 bits per heavy atom. The Kier molecular flexibility index (Phi) is 9.92. The molecule has 1 aromatic carbocycles. The van der Waals surface area contributed by atoms with Gasteiger partial charge in [0.05, 0.1) is 35.6 Å². The number of hydrogen-bond donors (Lipinski definition) is 1. The fraction of sp³-hybridized carbons (Fsp3) is 0.485. The molecule has 13 heteroatoms. The predicted molar refractivity (Wildman–Crippen MR) is 175 cm³/mol. The van der Waals surface area contributed by atoms with E-state index in [2.05, 4.69) is 27.0 Å². The van der Waals surface area contributed by atoms with Gasteiger partial charge in [0.15, 0.2) is 0 Å². The number of likely N-dealkylation sites (N-methyl/N-ethyl adjacent to an activating group) is 2. The van der Waals surface area contributed by atoms with Crippen LogP contribution in [0.15, 0.2) is 60.1 Å². The van der Waals surface area contributed by atoms with Crippen molar-refractivity contribution in [2.45, 2.75) is 65.5 Å². The van der Waals surface area contributed by atoms with Gasteiger partial charge in [-0.25, -0.2) is 14.8 Å². The number of carbonyl (C=O) groups is 1. The number of nitrogens with one attached hydrogen (secondary N) is 1. The molecule has 1 unspecified atom stereocenters. The second-order valence-corrected chi connectivity index (χ2v) is 12.2. The number of benzene rings is 1. The monoisotopic (exact) mass is 633 g/mol. The third-order valence-electron chi connectivity index (χ3n) is 8.12. The SMILES string of the molecule is CCN(CCN(CC)C1=CC(OC)[C@@H](Nc2nccc(-c3c4n(c5ccccc35)CCOC4)n2)C=C1[N+](=O)[O-])C(=O)OC(C)(C)C. The standard InChI is InChI=1S/C33H43N7O6/c1-7-37(15-16-38(8-2)32(41)46-33(3,4)5)26-20-29(44-6)24(19-27(26)40(42)43)36-31-34-14-13-23(35-31)30-22-11-9-10-12-25(22)39-17-18-45-21-28(30)39/h9-14,19-20,24,29H,7-8,15-18,21H2,1-6H3,(H,34,35,36)/t24-,29?/m0/s1. The third kappa shape index (κ3) is 7.00. The zero-order valence-electron chi connectivity index (χ0n) is 27.4. The second kappa shape index (κ2) is 13.9. The first-order valence-corrected chi connectivity index (χ1v) is 15.7. The first-order chi connectivity index (χ1) is 22.0. The summed E-state index contributed by atoms with van der Waals surface area (Å²) < 4.78 is 19.4. The van der Waals surface area contributed by atoms with Gasteiger partial charge in [-0.2, -0.15) is 0 Å². The average molecular weight is 634 g/mol. The van der Waals surface area contributed by atoms with Crippen LogP contribution in [0.1, 0.15) is 40.3 Å². The molecule has 2 aliphatic rings. The molecule has 1 N–H and O–H groups in total. The molecule has 3 heterocycles. The summed E-state index contributed by atoms with van der Waals surface area (Å²) in [6.07, 6.45) is 4.01. The van der Waals surface area contributed by atoms with Gasteiger partial charge in [0.25, 0.3) is 5.70 Å². The van der Waals surface area contributed by atoms with Gasteiger partial charge < -0.3 is 33.9 Å². The number of rotatable bonds is 11. The number of ether oxygens (including phenoxy) is 3. The molecule has 0 saturated heterocycles. The van der Waals surface area contributed by atoms with Crippen molar-refractivity contribution >= 4 is 22.9 Å². The Bertz CT molecular complexity index is 1640. The lowest BCUT2D eigenvalue weighted by Gasteiger charge is -2.33. The highest BCUT2D eigenvalue weighted by Crippen LogP contribution is 2.36. The molecule has 0 bridgehead atoms. The van der Waals surface area contributed by atoms with Crippen LogP contribution in [-0.2, 0) is 27.4 Å². The van der Waals surface area contributed by atoms with E-state index in [9.17, 15) is 14.9 Å². The molecule has 5 rings (SSSR count). The summed E-state index contributed by atoms with van der Waals surface area (Å²) >= 11 is 0. The quantitative estimate of drug-likeness (QED) is 0.225. The molecule has 1 aliphatic carbocycles. The Hall–Kier alpha value is -4.49. The molecule has 0 radical (unpaired) electrons. The molecule has 246 valence electrons. The maximum absolute atomic E-state index is 12.7. The van der Waals surface area contributed by atoms with Crippen LogP contribution in [0.5, 0.6) is 0 Å². The fourth-order valence-electron chi connectivity index (χ4n) is 5.94. The number of nitrogens with zero attached hydrogens (tertiary/aromatic N) is 6. The minimum atomic E-state index is -0.622. The lowest BCUT2D eigenvalue weighted by molar-refractivity contribution is -0.423. The molecule has 1 aliphatic heterocycles.